The van der Waals surface area contributed by atoms with Gasteiger partial charge in [-0.05, 0) is 19.8 Å². The van der Waals surface area contributed by atoms with Crippen LogP contribution in [0.4, 0.5) is 0 Å². The molecule has 2 fully saturated rings. The van der Waals surface area contributed by atoms with Gasteiger partial charge in [0.05, 0.1) is 18.8 Å². The lowest BCUT2D eigenvalue weighted by molar-refractivity contribution is 0.00519. The van der Waals surface area contributed by atoms with Crippen LogP contribution in [0.5, 0.6) is 0 Å². The predicted octanol–water partition coefficient (Wildman–Crippen LogP) is 0.837. The Hall–Kier alpha value is -0.810. The molecule has 104 valence electrons. The second-order valence-corrected chi connectivity index (χ2v) is 5.29. The molecule has 2 N–H and O–H groups in total. The molecule has 0 aromatic rings. The minimum Gasteiger partial charge on any atom is -0.381 e. The average molecular weight is 255 g/mol. The molecule has 1 saturated heterocycles. The number of nitrogens with two attached hydrogens (primary N) is 1. The summed E-state index contributed by atoms with van der Waals surface area (Å²) in [4.78, 5) is 6.66. The highest BCUT2D eigenvalue weighted by Gasteiger charge is 2.27. The maximum absolute atomic E-state index is 6.06. The van der Waals surface area contributed by atoms with Gasteiger partial charge < -0.3 is 20.1 Å². The van der Waals surface area contributed by atoms with Crippen LogP contribution in [0.2, 0.25) is 0 Å². The zero-order chi connectivity index (χ0) is 13.0. The summed E-state index contributed by atoms with van der Waals surface area (Å²) in [7, 11) is 1.79. The third kappa shape index (κ3) is 3.36. The zero-order valence-electron chi connectivity index (χ0n) is 11.5. The highest BCUT2D eigenvalue weighted by atomic mass is 16.5. The van der Waals surface area contributed by atoms with Crippen molar-refractivity contribution in [3.63, 3.8) is 0 Å². The Bertz CT molecular complexity index is 296. The van der Waals surface area contributed by atoms with E-state index in [1.54, 1.807) is 7.11 Å². The Morgan fingerprint density at radius 1 is 1.50 bits per heavy atom. The first-order valence-electron chi connectivity index (χ1n) is 6.90. The van der Waals surface area contributed by atoms with Crippen LogP contribution in [0, 0.1) is 5.92 Å². The molecule has 1 heterocycles. The Balaban J connectivity index is 1.84. The van der Waals surface area contributed by atoms with E-state index in [0.29, 0.717) is 18.0 Å². The number of rotatable bonds is 3. The van der Waals surface area contributed by atoms with Gasteiger partial charge in [0.1, 0.15) is 0 Å². The number of hydrogen-bond donors (Lipinski definition) is 1. The summed E-state index contributed by atoms with van der Waals surface area (Å²) in [5, 5.41) is 0. The normalized spacial score (nSPS) is 34.0. The standard InChI is InChI=1S/C13H25N3O2/c1-10-9-16(6-7-18-10)13(14)15-8-11-4-3-5-12(11)17-2/h10-12H,3-9H2,1-2H3,(H2,14,15). The van der Waals surface area contributed by atoms with Crippen LogP contribution in [-0.4, -0.2) is 56.4 Å². The largest absolute Gasteiger partial charge is 0.381 e. The number of morpholine rings is 1. The molecule has 5 heteroatoms. The van der Waals surface area contributed by atoms with Crippen LogP contribution >= 0.6 is 0 Å². The van der Waals surface area contributed by atoms with E-state index in [-0.39, 0.29) is 6.10 Å². The van der Waals surface area contributed by atoms with Gasteiger partial charge in [0.2, 0.25) is 0 Å². The molecule has 1 aliphatic heterocycles. The first kappa shape index (κ1) is 13.6. The van der Waals surface area contributed by atoms with E-state index in [4.69, 9.17) is 15.2 Å². The number of hydrogen-bond acceptors (Lipinski definition) is 3. The fraction of sp³-hybridized carbons (Fsp3) is 0.923. The summed E-state index contributed by atoms with van der Waals surface area (Å²) in [5.74, 6) is 1.19. The summed E-state index contributed by atoms with van der Waals surface area (Å²) in [5.41, 5.74) is 6.06. The number of ether oxygens (including phenoxy) is 2. The van der Waals surface area contributed by atoms with Crippen LogP contribution in [0.1, 0.15) is 26.2 Å². The molecule has 3 atom stereocenters. The highest BCUT2D eigenvalue weighted by Crippen LogP contribution is 2.27. The van der Waals surface area contributed by atoms with Gasteiger partial charge in [-0.25, -0.2) is 0 Å². The van der Waals surface area contributed by atoms with E-state index in [1.807, 2.05) is 0 Å². The first-order chi connectivity index (χ1) is 8.70. The number of methoxy groups -OCH3 is 1. The maximum atomic E-state index is 6.06. The topological polar surface area (TPSA) is 60.1 Å². The highest BCUT2D eigenvalue weighted by molar-refractivity contribution is 5.78. The molecule has 1 aliphatic carbocycles. The van der Waals surface area contributed by atoms with E-state index < -0.39 is 0 Å². The zero-order valence-corrected chi connectivity index (χ0v) is 11.5. The first-order valence-corrected chi connectivity index (χ1v) is 6.90. The van der Waals surface area contributed by atoms with E-state index in [0.717, 1.165) is 32.7 Å². The lowest BCUT2D eigenvalue weighted by Gasteiger charge is -2.32. The average Bonchev–Trinajstić information content (AvgIpc) is 2.83. The minimum absolute atomic E-state index is 0.241. The molecular weight excluding hydrogens is 230 g/mol. The SMILES string of the molecule is COC1CCCC1CN=C(N)N1CCOC(C)C1. The molecule has 0 amide bonds. The number of nitrogens with zero attached hydrogens (tertiary/aromatic N) is 2. The van der Waals surface area contributed by atoms with Gasteiger partial charge in [-0.15, -0.1) is 0 Å². The van der Waals surface area contributed by atoms with Crippen LogP contribution < -0.4 is 5.73 Å². The van der Waals surface area contributed by atoms with Gasteiger partial charge >= 0.3 is 0 Å². The molecule has 2 rings (SSSR count). The minimum atomic E-state index is 0.241. The van der Waals surface area contributed by atoms with Crippen molar-refractivity contribution in [2.24, 2.45) is 16.6 Å². The van der Waals surface area contributed by atoms with Gasteiger partial charge in [0.15, 0.2) is 5.96 Å². The Morgan fingerprint density at radius 3 is 3.06 bits per heavy atom. The molecule has 0 spiro atoms. The monoisotopic (exact) mass is 255 g/mol. The van der Waals surface area contributed by atoms with Crippen molar-refractivity contribution < 1.29 is 9.47 Å². The quantitative estimate of drug-likeness (QED) is 0.599. The van der Waals surface area contributed by atoms with Gasteiger partial charge in [0.25, 0.3) is 0 Å². The van der Waals surface area contributed by atoms with Crippen LogP contribution in [0.25, 0.3) is 0 Å². The molecule has 18 heavy (non-hydrogen) atoms. The van der Waals surface area contributed by atoms with Crippen LogP contribution in [-0.2, 0) is 9.47 Å². The van der Waals surface area contributed by atoms with Crippen molar-refractivity contribution in [3.05, 3.63) is 0 Å². The van der Waals surface area contributed by atoms with Gasteiger partial charge in [-0.3, -0.25) is 4.99 Å². The van der Waals surface area contributed by atoms with E-state index in [2.05, 4.69) is 16.8 Å². The molecule has 3 unspecified atom stereocenters. The van der Waals surface area contributed by atoms with Gasteiger partial charge in [-0.2, -0.15) is 0 Å². The maximum Gasteiger partial charge on any atom is 0.191 e. The fourth-order valence-electron chi connectivity index (χ4n) is 2.86. The summed E-state index contributed by atoms with van der Waals surface area (Å²) in [6.45, 7) is 5.28. The third-order valence-corrected chi connectivity index (χ3v) is 3.94. The second kappa shape index (κ2) is 6.38. The molecule has 0 radical (unpaired) electrons. The second-order valence-electron chi connectivity index (χ2n) is 5.29. The van der Waals surface area contributed by atoms with Crippen molar-refractivity contribution in [2.45, 2.75) is 38.4 Å². The van der Waals surface area contributed by atoms with Crippen molar-refractivity contribution >= 4 is 5.96 Å². The summed E-state index contributed by atoms with van der Waals surface area (Å²) < 4.78 is 11.0. The lowest BCUT2D eigenvalue weighted by Crippen LogP contribution is -2.48. The molecule has 5 nitrogen and oxygen atoms in total. The van der Waals surface area contributed by atoms with Crippen LogP contribution in [0.3, 0.4) is 0 Å². The fourth-order valence-corrected chi connectivity index (χ4v) is 2.86. The smallest absolute Gasteiger partial charge is 0.191 e. The van der Waals surface area contributed by atoms with Crippen molar-refractivity contribution in [3.8, 4) is 0 Å². The Kier molecular flexibility index (Phi) is 4.83. The predicted molar refractivity (Wildman–Crippen MR) is 71.6 cm³/mol. The van der Waals surface area contributed by atoms with E-state index in [9.17, 15) is 0 Å². The van der Waals surface area contributed by atoms with E-state index >= 15 is 0 Å². The molecule has 2 aliphatic rings. The molecule has 0 bridgehead atoms. The number of aliphatic imine (C=N–C) groups is 1. The van der Waals surface area contributed by atoms with Crippen molar-refractivity contribution in [2.75, 3.05) is 33.4 Å². The molecule has 0 aromatic carbocycles. The summed E-state index contributed by atoms with van der Waals surface area (Å²) in [6, 6.07) is 0. The van der Waals surface area contributed by atoms with Gasteiger partial charge in [-0.1, -0.05) is 6.42 Å². The molecule has 0 aromatic heterocycles. The number of guanidine groups is 1. The molecular formula is C13H25N3O2. The van der Waals surface area contributed by atoms with Crippen molar-refractivity contribution in [1.82, 2.24) is 4.90 Å². The van der Waals surface area contributed by atoms with Crippen LogP contribution in [0.15, 0.2) is 4.99 Å². The summed E-state index contributed by atoms with van der Waals surface area (Å²) >= 11 is 0. The van der Waals surface area contributed by atoms with E-state index in [1.165, 1.54) is 12.8 Å². The summed E-state index contributed by atoms with van der Waals surface area (Å²) in [6.07, 6.45) is 4.21. The van der Waals surface area contributed by atoms with Crippen molar-refractivity contribution in [1.29, 1.82) is 0 Å². The molecule has 1 saturated carbocycles. The third-order valence-electron chi connectivity index (χ3n) is 3.94. The Labute approximate surface area is 109 Å². The van der Waals surface area contributed by atoms with Gasteiger partial charge in [0, 0.05) is 32.7 Å². The Morgan fingerprint density at radius 2 is 2.33 bits per heavy atom. The lowest BCUT2D eigenvalue weighted by atomic mass is 10.1.